The van der Waals surface area contributed by atoms with Gasteiger partial charge in [0.05, 0.1) is 22.2 Å². The number of carbonyl (C=O) groups is 3. The van der Waals surface area contributed by atoms with E-state index < -0.39 is 45.5 Å². The van der Waals surface area contributed by atoms with Crippen molar-refractivity contribution >= 4 is 46.5 Å². The predicted molar refractivity (Wildman–Crippen MR) is 146 cm³/mol. The molecule has 3 aromatic rings. The molecular weight excluding hydrogens is 579 g/mol. The van der Waals surface area contributed by atoms with Crippen LogP contribution < -0.4 is 9.77 Å². The van der Waals surface area contributed by atoms with Crippen molar-refractivity contribution in [1.29, 1.82) is 0 Å². The van der Waals surface area contributed by atoms with Gasteiger partial charge in [-0.2, -0.15) is 13.2 Å². The second-order valence-electron chi connectivity index (χ2n) is 10.3. The summed E-state index contributed by atoms with van der Waals surface area (Å²) in [6, 6.07) is 10.1. The van der Waals surface area contributed by atoms with E-state index in [1.54, 1.807) is 17.0 Å². The number of nitrogens with zero attached hydrogens (tertiary/aromatic N) is 3. The SMILES string of the molecule is O=C(Cn1c2c(sc1=O)C(c1ccc(O)cc1)C1C(=O)N(c3cccc(C(F)(F)F)c3)C(=O)C1S2)N1CCCCC1. The number of anilines is 1. The topological polar surface area (TPSA) is 99.9 Å². The molecular formula is C28H24F3N3O5S2. The summed E-state index contributed by atoms with van der Waals surface area (Å²) in [5.41, 5.74) is -0.616. The highest BCUT2D eigenvalue weighted by Crippen LogP contribution is 2.54. The van der Waals surface area contributed by atoms with E-state index >= 15 is 0 Å². The zero-order valence-electron chi connectivity index (χ0n) is 21.5. The number of aromatic hydroxyl groups is 1. The lowest BCUT2D eigenvalue weighted by atomic mass is 9.83. The molecule has 0 saturated carbocycles. The van der Waals surface area contributed by atoms with E-state index in [9.17, 15) is 37.5 Å². The summed E-state index contributed by atoms with van der Waals surface area (Å²) in [6.07, 6.45) is -1.88. The number of fused-ring (bicyclic) bond motifs is 2. The highest BCUT2D eigenvalue weighted by atomic mass is 32.2. The molecule has 3 aliphatic rings. The van der Waals surface area contributed by atoms with Crippen molar-refractivity contribution < 1.29 is 32.7 Å². The molecule has 0 spiro atoms. The van der Waals surface area contributed by atoms with Gasteiger partial charge >= 0.3 is 11.0 Å². The molecule has 2 fully saturated rings. The lowest BCUT2D eigenvalue weighted by Crippen LogP contribution is -2.39. The monoisotopic (exact) mass is 603 g/mol. The van der Waals surface area contributed by atoms with Crippen molar-refractivity contribution in [3.8, 4) is 5.75 Å². The van der Waals surface area contributed by atoms with Gasteiger partial charge in [-0.1, -0.05) is 41.3 Å². The van der Waals surface area contributed by atoms with E-state index in [0.717, 1.165) is 65.5 Å². The number of rotatable bonds is 4. The Labute approximate surface area is 240 Å². The number of amides is 3. The average molecular weight is 604 g/mol. The predicted octanol–water partition coefficient (Wildman–Crippen LogP) is 4.44. The Balaban J connectivity index is 1.43. The van der Waals surface area contributed by atoms with Gasteiger partial charge in [0.25, 0.3) is 0 Å². The Hall–Kier alpha value is -3.58. The lowest BCUT2D eigenvalue weighted by molar-refractivity contribution is -0.137. The number of thiazole rings is 1. The van der Waals surface area contributed by atoms with Crippen molar-refractivity contribution in [3.63, 3.8) is 0 Å². The van der Waals surface area contributed by atoms with Gasteiger partial charge in [0.15, 0.2) is 0 Å². The normalized spacial score (nSPS) is 22.6. The maximum Gasteiger partial charge on any atom is 0.416 e. The van der Waals surface area contributed by atoms with Gasteiger partial charge in [-0.25, -0.2) is 4.90 Å². The molecule has 0 bridgehead atoms. The van der Waals surface area contributed by atoms with Crippen LogP contribution in [0.3, 0.4) is 0 Å². The van der Waals surface area contributed by atoms with Gasteiger partial charge in [-0.05, 0) is 55.2 Å². The third kappa shape index (κ3) is 4.84. The van der Waals surface area contributed by atoms with Crippen molar-refractivity contribution in [3.05, 3.63) is 74.2 Å². The van der Waals surface area contributed by atoms with Crippen LogP contribution in [0.2, 0.25) is 0 Å². The van der Waals surface area contributed by atoms with Crippen LogP contribution in [-0.2, 0) is 27.1 Å². The van der Waals surface area contributed by atoms with E-state index in [2.05, 4.69) is 0 Å². The molecule has 13 heteroatoms. The van der Waals surface area contributed by atoms with Gasteiger partial charge in [-0.3, -0.25) is 23.7 Å². The van der Waals surface area contributed by atoms with E-state index in [-0.39, 0.29) is 23.9 Å². The van der Waals surface area contributed by atoms with Crippen molar-refractivity contribution in [1.82, 2.24) is 9.47 Å². The molecule has 3 amide bonds. The van der Waals surface area contributed by atoms with Crippen LogP contribution >= 0.6 is 23.1 Å². The summed E-state index contributed by atoms with van der Waals surface area (Å²) in [5.74, 6) is -3.39. The Morgan fingerprint density at radius 2 is 1.68 bits per heavy atom. The lowest BCUT2D eigenvalue weighted by Gasteiger charge is -2.31. The smallest absolute Gasteiger partial charge is 0.416 e. The largest absolute Gasteiger partial charge is 0.508 e. The number of aromatic nitrogens is 1. The highest BCUT2D eigenvalue weighted by Gasteiger charge is 2.57. The fourth-order valence-corrected chi connectivity index (χ4v) is 8.52. The molecule has 1 N–H and O–H groups in total. The maximum absolute atomic E-state index is 13.9. The number of carbonyl (C=O) groups excluding carboxylic acids is 3. The number of halogens is 3. The highest BCUT2D eigenvalue weighted by molar-refractivity contribution is 8.00. The first-order valence-corrected chi connectivity index (χ1v) is 14.8. The van der Waals surface area contributed by atoms with Crippen molar-refractivity contribution in [2.75, 3.05) is 18.0 Å². The fraction of sp³-hybridized carbons (Fsp3) is 0.357. The molecule has 0 aliphatic carbocycles. The first-order chi connectivity index (χ1) is 19.5. The molecule has 2 aromatic carbocycles. The molecule has 8 nitrogen and oxygen atoms in total. The van der Waals surface area contributed by atoms with E-state index in [1.807, 2.05) is 0 Å². The number of imide groups is 1. The quantitative estimate of drug-likeness (QED) is 0.443. The minimum Gasteiger partial charge on any atom is -0.508 e. The summed E-state index contributed by atoms with van der Waals surface area (Å²) in [7, 11) is 0. The van der Waals surface area contributed by atoms with Crippen LogP contribution in [0.25, 0.3) is 0 Å². The summed E-state index contributed by atoms with van der Waals surface area (Å²) >= 11 is 1.89. The standard InChI is InChI=1S/C28H24F3N3O5S2/c29-28(30,31)16-5-4-6-17(13-16)34-24(37)21-20(15-7-9-18(35)10-8-15)23-26(40-22(21)25(34)38)33(27(39)41-23)14-19(36)32-11-2-1-3-12-32/h4-10,13,20-22,35H,1-3,11-12,14H2. The zero-order valence-corrected chi connectivity index (χ0v) is 23.1. The van der Waals surface area contributed by atoms with Gasteiger partial charge in [0, 0.05) is 23.9 Å². The number of phenols is 1. The molecule has 214 valence electrons. The second kappa shape index (κ2) is 10.4. The molecule has 3 unspecified atom stereocenters. The number of phenolic OH excluding ortho intramolecular Hbond substituents is 1. The van der Waals surface area contributed by atoms with Gasteiger partial charge in [-0.15, -0.1) is 0 Å². The number of thioether (sulfide) groups is 1. The van der Waals surface area contributed by atoms with E-state index in [4.69, 9.17) is 0 Å². The molecule has 1 aromatic heterocycles. The summed E-state index contributed by atoms with van der Waals surface area (Å²) < 4.78 is 41.7. The molecule has 3 atom stereocenters. The molecule has 0 radical (unpaired) electrons. The molecule has 41 heavy (non-hydrogen) atoms. The Bertz CT molecular complexity index is 1590. The number of piperidine rings is 1. The number of likely N-dealkylation sites (tertiary alicyclic amines) is 1. The third-order valence-electron chi connectivity index (χ3n) is 7.74. The van der Waals surface area contributed by atoms with E-state index in [1.165, 1.54) is 22.8 Å². The van der Waals surface area contributed by atoms with Crippen LogP contribution in [0, 0.1) is 5.92 Å². The van der Waals surface area contributed by atoms with Gasteiger partial charge in [0.2, 0.25) is 17.7 Å². The Kier molecular flexibility index (Phi) is 6.97. The number of alkyl halides is 3. The number of hydrogen-bond donors (Lipinski definition) is 1. The van der Waals surface area contributed by atoms with Gasteiger partial charge < -0.3 is 10.0 Å². The number of benzene rings is 2. The summed E-state index contributed by atoms with van der Waals surface area (Å²) in [4.78, 5) is 56.6. The van der Waals surface area contributed by atoms with Crippen LogP contribution in [-0.4, -0.2) is 50.6 Å². The molecule has 2 saturated heterocycles. The molecule has 6 rings (SSSR count). The van der Waals surface area contributed by atoms with Gasteiger partial charge in [0.1, 0.15) is 17.5 Å². The maximum atomic E-state index is 13.9. The first-order valence-electron chi connectivity index (χ1n) is 13.1. The van der Waals surface area contributed by atoms with Crippen LogP contribution in [0.4, 0.5) is 18.9 Å². The second-order valence-corrected chi connectivity index (χ2v) is 12.4. The van der Waals surface area contributed by atoms with Crippen LogP contribution in [0.1, 0.15) is 41.2 Å². The minimum absolute atomic E-state index is 0.0204. The Morgan fingerprint density at radius 3 is 2.37 bits per heavy atom. The average Bonchev–Trinajstić information content (AvgIpc) is 3.39. The van der Waals surface area contributed by atoms with E-state index in [0.29, 0.717) is 28.6 Å². The summed E-state index contributed by atoms with van der Waals surface area (Å²) in [6.45, 7) is 0.997. The van der Waals surface area contributed by atoms with Crippen molar-refractivity contribution in [2.45, 2.75) is 48.2 Å². The fourth-order valence-electron chi connectivity index (χ4n) is 5.75. The minimum atomic E-state index is -4.67. The van der Waals surface area contributed by atoms with Crippen LogP contribution in [0.15, 0.2) is 58.4 Å². The third-order valence-corrected chi connectivity index (χ3v) is 10.3. The Morgan fingerprint density at radius 1 is 0.976 bits per heavy atom. The van der Waals surface area contributed by atoms with Crippen LogP contribution in [0.5, 0.6) is 5.75 Å². The number of hydrogen-bond acceptors (Lipinski definition) is 7. The van der Waals surface area contributed by atoms with Crippen molar-refractivity contribution in [2.24, 2.45) is 5.92 Å². The molecule has 4 heterocycles. The summed E-state index contributed by atoms with van der Waals surface area (Å²) in [5, 5.41) is 9.23. The molecule has 3 aliphatic heterocycles. The first kappa shape index (κ1) is 27.6. The zero-order chi connectivity index (χ0) is 29.1.